The molecule has 0 radical (unpaired) electrons. The van der Waals surface area contributed by atoms with Crippen LogP contribution in [-0.2, 0) is 0 Å². The predicted molar refractivity (Wildman–Crippen MR) is 99.4 cm³/mol. The zero-order chi connectivity index (χ0) is 17.2. The highest BCUT2D eigenvalue weighted by Gasteiger charge is 2.12. The van der Waals surface area contributed by atoms with Gasteiger partial charge in [-0.25, -0.2) is 14.4 Å². The summed E-state index contributed by atoms with van der Waals surface area (Å²) >= 11 is 0. The molecule has 0 spiro atoms. The molecule has 0 bridgehead atoms. The van der Waals surface area contributed by atoms with Crippen molar-refractivity contribution in [3.8, 4) is 11.4 Å². The summed E-state index contributed by atoms with van der Waals surface area (Å²) in [6.07, 6.45) is 0. The van der Waals surface area contributed by atoms with Gasteiger partial charge in [-0.3, -0.25) is 0 Å². The van der Waals surface area contributed by atoms with Gasteiger partial charge in [0.1, 0.15) is 11.6 Å². The van der Waals surface area contributed by atoms with E-state index in [-0.39, 0.29) is 5.82 Å². The number of nitrogens with one attached hydrogen (secondary N) is 1. The van der Waals surface area contributed by atoms with E-state index in [1.54, 1.807) is 18.2 Å². The third kappa shape index (κ3) is 3.06. The van der Waals surface area contributed by atoms with Crippen molar-refractivity contribution < 1.29 is 4.39 Å². The molecule has 0 unspecified atom stereocenters. The van der Waals surface area contributed by atoms with Crippen LogP contribution in [0.5, 0.6) is 0 Å². The van der Waals surface area contributed by atoms with E-state index in [2.05, 4.69) is 15.3 Å². The van der Waals surface area contributed by atoms with Gasteiger partial charge >= 0.3 is 0 Å². The Bertz CT molecular complexity index is 1040. The van der Waals surface area contributed by atoms with Crippen LogP contribution < -0.4 is 5.32 Å². The number of anilines is 2. The van der Waals surface area contributed by atoms with Gasteiger partial charge in [0.2, 0.25) is 0 Å². The fraction of sp³-hybridized carbons (Fsp3) is 0.0476. The number of benzene rings is 3. The van der Waals surface area contributed by atoms with Crippen LogP contribution in [0.25, 0.3) is 22.3 Å². The molecule has 1 N–H and O–H groups in total. The molecule has 0 aliphatic rings. The van der Waals surface area contributed by atoms with Crippen molar-refractivity contribution in [1.82, 2.24) is 9.97 Å². The number of aromatic nitrogens is 2. The number of nitrogens with zero attached hydrogens (tertiary/aromatic N) is 2. The summed E-state index contributed by atoms with van der Waals surface area (Å²) < 4.78 is 14.2. The molecule has 0 saturated heterocycles. The number of hydrogen-bond acceptors (Lipinski definition) is 3. The third-order valence-electron chi connectivity index (χ3n) is 4.03. The monoisotopic (exact) mass is 329 g/mol. The average molecular weight is 329 g/mol. The van der Waals surface area contributed by atoms with Crippen molar-refractivity contribution in [3.63, 3.8) is 0 Å². The lowest BCUT2D eigenvalue weighted by molar-refractivity contribution is 0.630. The minimum Gasteiger partial charge on any atom is -0.340 e. The predicted octanol–water partition coefficient (Wildman–Crippen LogP) is 5.49. The van der Waals surface area contributed by atoms with Gasteiger partial charge < -0.3 is 5.32 Å². The van der Waals surface area contributed by atoms with Crippen LogP contribution in [0.3, 0.4) is 0 Å². The molecular formula is C21H16FN3. The third-order valence-corrected chi connectivity index (χ3v) is 4.03. The highest BCUT2D eigenvalue weighted by molar-refractivity contribution is 5.92. The largest absolute Gasteiger partial charge is 0.340 e. The van der Waals surface area contributed by atoms with Gasteiger partial charge in [0.15, 0.2) is 5.82 Å². The maximum atomic E-state index is 14.2. The first-order valence-electron chi connectivity index (χ1n) is 8.06. The van der Waals surface area contributed by atoms with Crippen LogP contribution >= 0.6 is 0 Å². The van der Waals surface area contributed by atoms with Crippen LogP contribution in [-0.4, -0.2) is 9.97 Å². The normalized spacial score (nSPS) is 10.8. The molecule has 0 aliphatic heterocycles. The van der Waals surface area contributed by atoms with Crippen LogP contribution in [0.2, 0.25) is 0 Å². The van der Waals surface area contributed by atoms with Gasteiger partial charge in [0.25, 0.3) is 0 Å². The second kappa shape index (κ2) is 6.32. The maximum Gasteiger partial charge on any atom is 0.165 e. The summed E-state index contributed by atoms with van der Waals surface area (Å²) in [4.78, 5) is 9.12. The van der Waals surface area contributed by atoms with Gasteiger partial charge in [-0.1, -0.05) is 42.0 Å². The molecule has 4 aromatic rings. The Labute approximate surface area is 145 Å². The zero-order valence-corrected chi connectivity index (χ0v) is 13.7. The lowest BCUT2D eigenvalue weighted by Gasteiger charge is -2.11. The van der Waals surface area contributed by atoms with Gasteiger partial charge in [-0.15, -0.1) is 0 Å². The molecule has 4 rings (SSSR count). The molecule has 122 valence electrons. The Hall–Kier alpha value is -3.27. The molecular weight excluding hydrogens is 313 g/mol. The Morgan fingerprint density at radius 3 is 2.32 bits per heavy atom. The highest BCUT2D eigenvalue weighted by atomic mass is 19.1. The summed E-state index contributed by atoms with van der Waals surface area (Å²) in [6, 6.07) is 22.3. The van der Waals surface area contributed by atoms with Crippen molar-refractivity contribution in [3.05, 3.63) is 84.2 Å². The quantitative estimate of drug-likeness (QED) is 0.540. The van der Waals surface area contributed by atoms with E-state index < -0.39 is 0 Å². The molecule has 0 saturated carbocycles. The molecule has 25 heavy (non-hydrogen) atoms. The number of rotatable bonds is 3. The minimum absolute atomic E-state index is 0.334. The SMILES string of the molecule is Cc1ccc(Nc2nc(-c3ccccc3F)nc3ccccc23)cc1. The van der Waals surface area contributed by atoms with E-state index in [1.807, 2.05) is 55.5 Å². The molecule has 0 atom stereocenters. The van der Waals surface area contributed by atoms with Crippen LogP contribution in [0, 0.1) is 12.7 Å². The summed E-state index contributed by atoms with van der Waals surface area (Å²) in [5.41, 5.74) is 3.27. The van der Waals surface area contributed by atoms with Gasteiger partial charge in [-0.05, 0) is 43.3 Å². The number of para-hydroxylation sites is 1. The van der Waals surface area contributed by atoms with Crippen molar-refractivity contribution in [2.45, 2.75) is 6.92 Å². The lowest BCUT2D eigenvalue weighted by atomic mass is 10.1. The van der Waals surface area contributed by atoms with Crippen molar-refractivity contribution in [1.29, 1.82) is 0 Å². The second-order valence-electron chi connectivity index (χ2n) is 5.88. The smallest absolute Gasteiger partial charge is 0.165 e. The van der Waals surface area contributed by atoms with Crippen molar-refractivity contribution in [2.24, 2.45) is 0 Å². The first kappa shape index (κ1) is 15.3. The fourth-order valence-electron chi connectivity index (χ4n) is 2.71. The maximum absolute atomic E-state index is 14.2. The molecule has 0 fully saturated rings. The lowest BCUT2D eigenvalue weighted by Crippen LogP contribution is -2.00. The molecule has 3 aromatic carbocycles. The van der Waals surface area contributed by atoms with Gasteiger partial charge in [-0.2, -0.15) is 0 Å². The number of fused-ring (bicyclic) bond motifs is 1. The first-order valence-corrected chi connectivity index (χ1v) is 8.06. The number of hydrogen-bond donors (Lipinski definition) is 1. The molecule has 4 heteroatoms. The molecule has 0 amide bonds. The number of aryl methyl sites for hydroxylation is 1. The van der Waals surface area contributed by atoms with E-state index in [4.69, 9.17) is 0 Å². The van der Waals surface area contributed by atoms with Gasteiger partial charge in [0, 0.05) is 11.1 Å². The minimum atomic E-state index is -0.334. The Morgan fingerprint density at radius 2 is 1.52 bits per heavy atom. The van der Waals surface area contributed by atoms with Crippen LogP contribution in [0.15, 0.2) is 72.8 Å². The van der Waals surface area contributed by atoms with E-state index in [9.17, 15) is 4.39 Å². The summed E-state index contributed by atoms with van der Waals surface area (Å²) in [6.45, 7) is 2.04. The molecule has 1 heterocycles. The molecule has 1 aromatic heterocycles. The molecule has 3 nitrogen and oxygen atoms in total. The Kier molecular flexibility index (Phi) is 3.86. The van der Waals surface area contributed by atoms with Crippen molar-refractivity contribution >= 4 is 22.4 Å². The van der Waals surface area contributed by atoms with E-state index in [1.165, 1.54) is 11.6 Å². The fourth-order valence-corrected chi connectivity index (χ4v) is 2.71. The summed E-state index contributed by atoms with van der Waals surface area (Å²) in [5.74, 6) is 0.693. The topological polar surface area (TPSA) is 37.8 Å². The van der Waals surface area contributed by atoms with Crippen LogP contribution in [0.4, 0.5) is 15.9 Å². The standard InChI is InChI=1S/C21H16FN3/c1-14-10-12-15(13-11-14)23-21-17-7-3-5-9-19(17)24-20(25-21)16-6-2-4-8-18(16)22/h2-13H,1H3,(H,23,24,25). The van der Waals surface area contributed by atoms with Gasteiger partial charge in [0.05, 0.1) is 11.1 Å². The van der Waals surface area contributed by atoms with E-state index in [0.717, 1.165) is 16.6 Å². The van der Waals surface area contributed by atoms with Crippen LogP contribution in [0.1, 0.15) is 5.56 Å². The average Bonchev–Trinajstić information content (AvgIpc) is 2.64. The Morgan fingerprint density at radius 1 is 0.800 bits per heavy atom. The highest BCUT2D eigenvalue weighted by Crippen LogP contribution is 2.28. The Balaban J connectivity index is 1.87. The van der Waals surface area contributed by atoms with E-state index in [0.29, 0.717) is 17.2 Å². The summed E-state index contributed by atoms with van der Waals surface area (Å²) in [5, 5.41) is 4.22. The zero-order valence-electron chi connectivity index (χ0n) is 13.7. The second-order valence-corrected chi connectivity index (χ2v) is 5.88. The summed E-state index contributed by atoms with van der Waals surface area (Å²) in [7, 11) is 0. The van der Waals surface area contributed by atoms with Crippen molar-refractivity contribution in [2.75, 3.05) is 5.32 Å². The number of halogens is 1. The van der Waals surface area contributed by atoms with E-state index >= 15 is 0 Å². The first-order chi connectivity index (χ1) is 12.2. The molecule has 0 aliphatic carbocycles.